The van der Waals surface area contributed by atoms with Gasteiger partial charge in [0.15, 0.2) is 0 Å². The van der Waals surface area contributed by atoms with Gasteiger partial charge in [0.2, 0.25) is 5.28 Å². The number of amides is 1. The maximum absolute atomic E-state index is 12.0. The number of hydrogen-bond acceptors (Lipinski definition) is 5. The van der Waals surface area contributed by atoms with Gasteiger partial charge in [-0.25, -0.2) is 14.8 Å². The van der Waals surface area contributed by atoms with Crippen molar-refractivity contribution < 1.29 is 14.3 Å². The van der Waals surface area contributed by atoms with Gasteiger partial charge in [-0.05, 0) is 38.4 Å². The molecule has 6 nitrogen and oxygen atoms in total. The van der Waals surface area contributed by atoms with Gasteiger partial charge in [-0.15, -0.1) is 0 Å². The lowest BCUT2D eigenvalue weighted by Gasteiger charge is -2.33. The molecule has 0 saturated carbocycles. The molecular formula is C13H18ClN3O3. The summed E-state index contributed by atoms with van der Waals surface area (Å²) >= 11 is 5.77. The molecule has 1 unspecified atom stereocenters. The average Bonchev–Trinajstić information content (AvgIpc) is 2.37. The molecule has 20 heavy (non-hydrogen) atoms. The zero-order valence-corrected chi connectivity index (χ0v) is 12.6. The molecular weight excluding hydrogens is 282 g/mol. The summed E-state index contributed by atoms with van der Waals surface area (Å²) in [5, 5.41) is 0.167. The minimum atomic E-state index is -0.511. The lowest BCUT2D eigenvalue weighted by atomic mass is 10.2. The standard InChI is InChI=1S/C13H18ClN3O3/c1-13(2,3)20-12(18)17-6-7-19-10(8-17)9-4-5-15-11(14)16-9/h4-5,10H,6-8H2,1-3H3. The second-order valence-electron chi connectivity index (χ2n) is 5.54. The first kappa shape index (κ1) is 15.0. The maximum atomic E-state index is 12.0. The Balaban J connectivity index is 2.03. The number of rotatable bonds is 1. The zero-order valence-electron chi connectivity index (χ0n) is 11.8. The van der Waals surface area contributed by atoms with Crippen molar-refractivity contribution in [2.75, 3.05) is 19.7 Å². The second-order valence-corrected chi connectivity index (χ2v) is 5.87. The van der Waals surface area contributed by atoms with Gasteiger partial charge in [-0.2, -0.15) is 0 Å². The van der Waals surface area contributed by atoms with Crippen LogP contribution in [-0.2, 0) is 9.47 Å². The molecule has 1 aromatic rings. The number of morpholine rings is 1. The fourth-order valence-corrected chi connectivity index (χ4v) is 2.00. The summed E-state index contributed by atoms with van der Waals surface area (Å²) in [5.41, 5.74) is 0.154. The number of ether oxygens (including phenoxy) is 2. The molecule has 1 amide bonds. The molecule has 0 radical (unpaired) electrons. The van der Waals surface area contributed by atoms with Crippen molar-refractivity contribution in [1.29, 1.82) is 0 Å². The molecule has 0 bridgehead atoms. The van der Waals surface area contributed by atoms with Crippen LogP contribution in [-0.4, -0.2) is 46.3 Å². The third kappa shape index (κ3) is 4.05. The molecule has 0 spiro atoms. The maximum Gasteiger partial charge on any atom is 0.410 e. The fraction of sp³-hybridized carbons (Fsp3) is 0.615. The van der Waals surface area contributed by atoms with Gasteiger partial charge in [-0.1, -0.05) is 0 Å². The van der Waals surface area contributed by atoms with Crippen molar-refractivity contribution in [3.05, 3.63) is 23.2 Å². The van der Waals surface area contributed by atoms with Gasteiger partial charge in [0.1, 0.15) is 11.7 Å². The molecule has 7 heteroatoms. The topological polar surface area (TPSA) is 64.5 Å². The molecule has 110 valence electrons. The summed E-state index contributed by atoms with van der Waals surface area (Å²) in [6, 6.07) is 1.73. The Morgan fingerprint density at radius 2 is 2.30 bits per heavy atom. The highest BCUT2D eigenvalue weighted by Gasteiger charge is 2.29. The van der Waals surface area contributed by atoms with Crippen molar-refractivity contribution in [2.24, 2.45) is 0 Å². The number of aromatic nitrogens is 2. The van der Waals surface area contributed by atoms with E-state index >= 15 is 0 Å². The smallest absolute Gasteiger partial charge is 0.410 e. The van der Waals surface area contributed by atoms with E-state index in [9.17, 15) is 4.79 Å². The van der Waals surface area contributed by atoms with Crippen LogP contribution >= 0.6 is 11.6 Å². The van der Waals surface area contributed by atoms with Gasteiger partial charge < -0.3 is 14.4 Å². The molecule has 1 saturated heterocycles. The zero-order chi connectivity index (χ0) is 14.8. The monoisotopic (exact) mass is 299 g/mol. The molecule has 2 heterocycles. The Hall–Kier alpha value is -1.40. The molecule has 0 aliphatic carbocycles. The Morgan fingerprint density at radius 3 is 2.95 bits per heavy atom. The van der Waals surface area contributed by atoms with E-state index < -0.39 is 5.60 Å². The number of carbonyl (C=O) groups is 1. The van der Waals surface area contributed by atoms with E-state index in [1.807, 2.05) is 20.8 Å². The summed E-state index contributed by atoms with van der Waals surface area (Å²) in [6.07, 6.45) is 0.920. The third-order valence-electron chi connectivity index (χ3n) is 2.70. The van der Waals surface area contributed by atoms with Gasteiger partial charge in [0.25, 0.3) is 0 Å². The summed E-state index contributed by atoms with van der Waals surface area (Å²) in [6.45, 7) is 6.85. The second kappa shape index (κ2) is 5.93. The average molecular weight is 300 g/mol. The Bertz CT molecular complexity index is 490. The van der Waals surface area contributed by atoms with Crippen LogP contribution in [0.5, 0.6) is 0 Å². The highest BCUT2D eigenvalue weighted by molar-refractivity contribution is 6.28. The molecule has 0 aromatic carbocycles. The lowest BCUT2D eigenvalue weighted by Crippen LogP contribution is -2.44. The normalized spacial score (nSPS) is 19.8. The van der Waals surface area contributed by atoms with Crippen LogP contribution in [0.1, 0.15) is 32.6 Å². The van der Waals surface area contributed by atoms with Gasteiger partial charge in [-0.3, -0.25) is 0 Å². The minimum absolute atomic E-state index is 0.167. The van der Waals surface area contributed by atoms with Crippen molar-refractivity contribution in [3.63, 3.8) is 0 Å². The van der Waals surface area contributed by atoms with Crippen LogP contribution in [0.4, 0.5) is 4.79 Å². The molecule has 1 aliphatic heterocycles. The van der Waals surface area contributed by atoms with E-state index in [1.54, 1.807) is 17.2 Å². The van der Waals surface area contributed by atoms with E-state index in [0.717, 1.165) is 0 Å². The van der Waals surface area contributed by atoms with Gasteiger partial charge in [0, 0.05) is 12.7 Å². The molecule has 1 aliphatic rings. The van der Waals surface area contributed by atoms with E-state index in [2.05, 4.69) is 9.97 Å². The lowest BCUT2D eigenvalue weighted by molar-refractivity contribution is -0.0447. The third-order valence-corrected chi connectivity index (χ3v) is 2.88. The van der Waals surface area contributed by atoms with Crippen LogP contribution in [0.15, 0.2) is 12.3 Å². The summed E-state index contributed by atoms with van der Waals surface area (Å²) < 4.78 is 11.0. The predicted octanol–water partition coefficient (Wildman–Crippen LogP) is 2.44. The molecule has 0 N–H and O–H groups in total. The largest absolute Gasteiger partial charge is 0.444 e. The fourth-order valence-electron chi connectivity index (χ4n) is 1.85. The number of halogens is 1. The number of nitrogens with zero attached hydrogens (tertiary/aromatic N) is 3. The van der Waals surface area contributed by atoms with Crippen molar-refractivity contribution in [2.45, 2.75) is 32.5 Å². The minimum Gasteiger partial charge on any atom is -0.444 e. The Labute approximate surface area is 123 Å². The van der Waals surface area contributed by atoms with Crippen LogP contribution in [0.2, 0.25) is 5.28 Å². The van der Waals surface area contributed by atoms with E-state index in [0.29, 0.717) is 25.4 Å². The van der Waals surface area contributed by atoms with Gasteiger partial charge >= 0.3 is 6.09 Å². The van der Waals surface area contributed by atoms with E-state index in [1.165, 1.54) is 0 Å². The van der Waals surface area contributed by atoms with E-state index in [4.69, 9.17) is 21.1 Å². The van der Waals surface area contributed by atoms with Crippen LogP contribution < -0.4 is 0 Å². The molecule has 2 rings (SSSR count). The molecule has 1 atom stereocenters. The van der Waals surface area contributed by atoms with Gasteiger partial charge in [0.05, 0.1) is 18.8 Å². The van der Waals surface area contributed by atoms with Crippen LogP contribution in [0, 0.1) is 0 Å². The highest BCUT2D eigenvalue weighted by atomic mass is 35.5. The summed E-state index contributed by atoms with van der Waals surface area (Å²) in [4.78, 5) is 21.6. The van der Waals surface area contributed by atoms with Crippen molar-refractivity contribution in [3.8, 4) is 0 Å². The SMILES string of the molecule is CC(C)(C)OC(=O)N1CCOC(c2ccnc(Cl)n2)C1. The molecule has 1 aromatic heterocycles. The van der Waals surface area contributed by atoms with Crippen LogP contribution in [0.3, 0.4) is 0 Å². The van der Waals surface area contributed by atoms with E-state index in [-0.39, 0.29) is 17.5 Å². The highest BCUT2D eigenvalue weighted by Crippen LogP contribution is 2.22. The van der Waals surface area contributed by atoms with Crippen LogP contribution in [0.25, 0.3) is 0 Å². The quantitative estimate of drug-likeness (QED) is 0.745. The van der Waals surface area contributed by atoms with Crippen molar-refractivity contribution >= 4 is 17.7 Å². The van der Waals surface area contributed by atoms with Crippen molar-refractivity contribution in [1.82, 2.24) is 14.9 Å². The Kier molecular flexibility index (Phi) is 4.45. The summed E-state index contributed by atoms with van der Waals surface area (Å²) in [7, 11) is 0. The Morgan fingerprint density at radius 1 is 1.55 bits per heavy atom. The predicted molar refractivity (Wildman–Crippen MR) is 73.5 cm³/mol. The summed E-state index contributed by atoms with van der Waals surface area (Å²) in [5.74, 6) is 0. The first-order chi connectivity index (χ1) is 9.35. The number of carbonyl (C=O) groups excluding carboxylic acids is 1. The molecule has 1 fully saturated rings. The number of hydrogen-bond donors (Lipinski definition) is 0. The first-order valence-corrected chi connectivity index (χ1v) is 6.81. The first-order valence-electron chi connectivity index (χ1n) is 6.43.